The van der Waals surface area contributed by atoms with Gasteiger partial charge in [-0.15, -0.1) is 0 Å². The molecule has 0 aromatic heterocycles. The molecule has 0 aliphatic rings. The zero-order valence-corrected chi connectivity index (χ0v) is 13.1. The highest BCUT2D eigenvalue weighted by Gasteiger charge is 2.38. The SMILES string of the molecule is O=[N+]([O-])c1ccc(N=Cc2c(O)ccc3ccccc23)cc1C(F)(F)F. The zero-order chi connectivity index (χ0) is 18.9. The van der Waals surface area contributed by atoms with Gasteiger partial charge in [0.15, 0.2) is 0 Å². The summed E-state index contributed by atoms with van der Waals surface area (Å²) in [6.07, 6.45) is -3.64. The van der Waals surface area contributed by atoms with Gasteiger partial charge in [-0.3, -0.25) is 15.1 Å². The summed E-state index contributed by atoms with van der Waals surface area (Å²) >= 11 is 0. The van der Waals surface area contributed by atoms with Crippen LogP contribution in [0.4, 0.5) is 24.5 Å². The lowest BCUT2D eigenvalue weighted by atomic mass is 10.0. The van der Waals surface area contributed by atoms with Crippen molar-refractivity contribution < 1.29 is 23.2 Å². The molecule has 0 fully saturated rings. The van der Waals surface area contributed by atoms with Crippen molar-refractivity contribution in [1.82, 2.24) is 0 Å². The summed E-state index contributed by atoms with van der Waals surface area (Å²) < 4.78 is 39.1. The molecule has 3 aromatic rings. The third-order valence-corrected chi connectivity index (χ3v) is 3.77. The van der Waals surface area contributed by atoms with Gasteiger partial charge < -0.3 is 5.11 Å². The normalized spacial score (nSPS) is 12.0. The van der Waals surface area contributed by atoms with E-state index in [1.165, 1.54) is 12.3 Å². The fraction of sp³-hybridized carbons (Fsp3) is 0.0556. The highest BCUT2D eigenvalue weighted by atomic mass is 19.4. The van der Waals surface area contributed by atoms with Crippen molar-refractivity contribution in [3.63, 3.8) is 0 Å². The van der Waals surface area contributed by atoms with Gasteiger partial charge in [0.25, 0.3) is 5.69 Å². The molecule has 3 rings (SSSR count). The number of fused-ring (bicyclic) bond motifs is 1. The van der Waals surface area contributed by atoms with Crippen LogP contribution in [0.1, 0.15) is 11.1 Å². The molecule has 0 bridgehead atoms. The number of nitro benzene ring substituents is 1. The van der Waals surface area contributed by atoms with E-state index in [1.807, 2.05) is 12.1 Å². The van der Waals surface area contributed by atoms with Crippen LogP contribution in [0.25, 0.3) is 10.8 Å². The van der Waals surface area contributed by atoms with Crippen LogP contribution in [-0.4, -0.2) is 16.2 Å². The number of hydrogen-bond donors (Lipinski definition) is 1. The number of aromatic hydroxyl groups is 1. The Bertz CT molecular complexity index is 1030. The van der Waals surface area contributed by atoms with Crippen LogP contribution in [0.15, 0.2) is 59.6 Å². The van der Waals surface area contributed by atoms with Gasteiger partial charge in [0, 0.05) is 17.8 Å². The maximum absolute atomic E-state index is 13.0. The second-order valence-electron chi connectivity index (χ2n) is 5.43. The third kappa shape index (κ3) is 3.34. The summed E-state index contributed by atoms with van der Waals surface area (Å²) in [7, 11) is 0. The van der Waals surface area contributed by atoms with Gasteiger partial charge in [0.1, 0.15) is 11.3 Å². The average Bonchev–Trinajstić information content (AvgIpc) is 2.60. The average molecular weight is 360 g/mol. The number of benzene rings is 3. The molecule has 0 aliphatic heterocycles. The Kier molecular flexibility index (Phi) is 4.33. The van der Waals surface area contributed by atoms with Crippen molar-refractivity contribution in [1.29, 1.82) is 0 Å². The molecule has 0 radical (unpaired) electrons. The number of rotatable bonds is 3. The minimum atomic E-state index is -4.88. The topological polar surface area (TPSA) is 75.7 Å². The molecule has 0 saturated carbocycles. The molecule has 0 aliphatic carbocycles. The predicted molar refractivity (Wildman–Crippen MR) is 91.0 cm³/mol. The maximum atomic E-state index is 13.0. The zero-order valence-electron chi connectivity index (χ0n) is 13.1. The van der Waals surface area contributed by atoms with Crippen molar-refractivity contribution in [2.24, 2.45) is 4.99 Å². The van der Waals surface area contributed by atoms with E-state index in [0.29, 0.717) is 17.0 Å². The first-order valence-corrected chi connectivity index (χ1v) is 7.38. The summed E-state index contributed by atoms with van der Waals surface area (Å²) in [5.74, 6) is -0.0783. The van der Waals surface area contributed by atoms with Crippen LogP contribution in [0, 0.1) is 10.1 Å². The van der Waals surface area contributed by atoms with Crippen LogP contribution >= 0.6 is 0 Å². The number of aliphatic imine (C=N–C) groups is 1. The van der Waals surface area contributed by atoms with Crippen molar-refractivity contribution >= 4 is 28.4 Å². The van der Waals surface area contributed by atoms with Crippen LogP contribution in [-0.2, 0) is 6.18 Å². The molecular formula is C18H11F3N2O3. The minimum absolute atomic E-state index is 0.0783. The van der Waals surface area contributed by atoms with E-state index in [-0.39, 0.29) is 11.4 Å². The predicted octanol–water partition coefficient (Wildman–Crippen LogP) is 5.22. The quantitative estimate of drug-likeness (QED) is 0.395. The Labute approximate surface area is 145 Å². The second-order valence-corrected chi connectivity index (χ2v) is 5.43. The molecule has 132 valence electrons. The summed E-state index contributed by atoms with van der Waals surface area (Å²) in [4.78, 5) is 13.6. The molecule has 5 nitrogen and oxygen atoms in total. The van der Waals surface area contributed by atoms with E-state index in [9.17, 15) is 28.4 Å². The van der Waals surface area contributed by atoms with Gasteiger partial charge in [-0.25, -0.2) is 0 Å². The maximum Gasteiger partial charge on any atom is 0.423 e. The molecule has 0 unspecified atom stereocenters. The number of phenolic OH excluding ortho intramolecular Hbond substituents is 1. The third-order valence-electron chi connectivity index (χ3n) is 3.77. The number of alkyl halides is 3. The molecule has 0 heterocycles. The molecule has 1 N–H and O–H groups in total. The highest BCUT2D eigenvalue weighted by molar-refractivity contribution is 6.03. The van der Waals surface area contributed by atoms with E-state index < -0.39 is 22.4 Å². The Balaban J connectivity index is 2.07. The second kappa shape index (κ2) is 6.47. The Morgan fingerprint density at radius 1 is 1.08 bits per heavy atom. The van der Waals surface area contributed by atoms with E-state index in [0.717, 1.165) is 17.5 Å². The largest absolute Gasteiger partial charge is 0.507 e. The van der Waals surface area contributed by atoms with Crippen LogP contribution in [0.2, 0.25) is 0 Å². The lowest BCUT2D eigenvalue weighted by molar-refractivity contribution is -0.388. The number of nitro groups is 1. The van der Waals surface area contributed by atoms with Gasteiger partial charge in [-0.1, -0.05) is 30.3 Å². The minimum Gasteiger partial charge on any atom is -0.507 e. The molecule has 0 atom stereocenters. The van der Waals surface area contributed by atoms with Gasteiger partial charge in [-0.05, 0) is 29.0 Å². The van der Waals surface area contributed by atoms with Gasteiger partial charge in [0.05, 0.1) is 10.6 Å². The molecule has 26 heavy (non-hydrogen) atoms. The van der Waals surface area contributed by atoms with E-state index in [1.54, 1.807) is 18.2 Å². The smallest absolute Gasteiger partial charge is 0.423 e. The van der Waals surface area contributed by atoms with E-state index >= 15 is 0 Å². The summed E-state index contributed by atoms with van der Waals surface area (Å²) in [6.45, 7) is 0. The van der Waals surface area contributed by atoms with E-state index in [4.69, 9.17) is 0 Å². The fourth-order valence-electron chi connectivity index (χ4n) is 2.55. The fourth-order valence-corrected chi connectivity index (χ4v) is 2.55. The first-order valence-electron chi connectivity index (χ1n) is 7.38. The molecule has 8 heteroatoms. The summed E-state index contributed by atoms with van der Waals surface area (Å²) in [5, 5.41) is 22.3. The van der Waals surface area contributed by atoms with Crippen LogP contribution < -0.4 is 0 Å². The van der Waals surface area contributed by atoms with Gasteiger partial charge in [-0.2, -0.15) is 13.2 Å². The van der Waals surface area contributed by atoms with Crippen molar-refractivity contribution in [2.45, 2.75) is 6.18 Å². The van der Waals surface area contributed by atoms with Crippen molar-refractivity contribution in [3.05, 3.63) is 75.8 Å². The number of halogens is 3. The Hall–Kier alpha value is -3.42. The standard InChI is InChI=1S/C18H11F3N2O3/c19-18(20,21)15-9-12(6-7-16(15)23(25)26)22-10-14-13-4-2-1-3-11(13)5-8-17(14)24/h1-10,24H. The van der Waals surface area contributed by atoms with Gasteiger partial charge >= 0.3 is 6.18 Å². The number of hydrogen-bond acceptors (Lipinski definition) is 4. The van der Waals surface area contributed by atoms with Crippen LogP contribution in [0.5, 0.6) is 5.75 Å². The van der Waals surface area contributed by atoms with E-state index in [2.05, 4.69) is 4.99 Å². The lowest BCUT2D eigenvalue weighted by Gasteiger charge is -2.08. The Morgan fingerprint density at radius 2 is 1.81 bits per heavy atom. The molecular weight excluding hydrogens is 349 g/mol. The first kappa shape index (κ1) is 17.4. The number of nitrogens with zero attached hydrogens (tertiary/aromatic N) is 2. The lowest BCUT2D eigenvalue weighted by Crippen LogP contribution is -2.08. The van der Waals surface area contributed by atoms with Crippen LogP contribution in [0.3, 0.4) is 0 Å². The molecule has 0 saturated heterocycles. The summed E-state index contributed by atoms with van der Waals surface area (Å²) in [5.41, 5.74) is -2.19. The van der Waals surface area contributed by atoms with Crippen molar-refractivity contribution in [3.8, 4) is 5.75 Å². The Morgan fingerprint density at radius 3 is 2.50 bits per heavy atom. The molecule has 3 aromatic carbocycles. The first-order chi connectivity index (χ1) is 12.3. The number of phenols is 1. The monoisotopic (exact) mass is 360 g/mol. The van der Waals surface area contributed by atoms with Crippen molar-refractivity contribution in [2.75, 3.05) is 0 Å². The molecule has 0 spiro atoms. The van der Waals surface area contributed by atoms with Gasteiger partial charge in [0.2, 0.25) is 0 Å². The molecule has 0 amide bonds. The highest BCUT2D eigenvalue weighted by Crippen LogP contribution is 2.38. The summed E-state index contributed by atoms with van der Waals surface area (Å²) in [6, 6.07) is 12.8.